The van der Waals surface area contributed by atoms with Crippen LogP contribution in [0.15, 0.2) is 42.5 Å². The first-order chi connectivity index (χ1) is 12.7. The summed E-state index contributed by atoms with van der Waals surface area (Å²) < 4.78 is 25.0. The molecular weight excluding hydrogens is 335 g/mol. The molecule has 2 aliphatic rings. The zero-order valence-electron chi connectivity index (χ0n) is 14.6. The molecule has 6 heteroatoms. The quantitative estimate of drug-likeness (QED) is 0.910. The van der Waals surface area contributed by atoms with Crippen LogP contribution in [0.3, 0.4) is 0 Å². The van der Waals surface area contributed by atoms with Crippen LogP contribution in [0, 0.1) is 5.82 Å². The average Bonchev–Trinajstić information content (AvgIpc) is 2.69. The summed E-state index contributed by atoms with van der Waals surface area (Å²) in [5.41, 5.74) is 1.48. The zero-order valence-corrected chi connectivity index (χ0v) is 14.6. The normalized spacial score (nSPS) is 18.6. The predicted molar refractivity (Wildman–Crippen MR) is 97.4 cm³/mol. The van der Waals surface area contributed by atoms with E-state index in [1.54, 1.807) is 6.07 Å². The number of halogens is 1. The number of hydrogen-bond acceptors (Lipinski definition) is 5. The van der Waals surface area contributed by atoms with Gasteiger partial charge in [-0.2, -0.15) is 0 Å². The third kappa shape index (κ3) is 3.61. The fraction of sp³-hybridized carbons (Fsp3) is 0.400. The number of rotatable bonds is 4. The van der Waals surface area contributed by atoms with E-state index in [1.165, 1.54) is 6.07 Å². The van der Waals surface area contributed by atoms with Gasteiger partial charge in [0.15, 0.2) is 11.5 Å². The number of ether oxygens (including phenoxy) is 2. The number of fused-ring (bicyclic) bond motifs is 1. The van der Waals surface area contributed by atoms with Crippen molar-refractivity contribution in [2.75, 3.05) is 50.8 Å². The van der Waals surface area contributed by atoms with Gasteiger partial charge in [0.05, 0.1) is 11.8 Å². The standard InChI is InChI=1S/C20H23FN2O3/c21-16-3-1-2-4-17(16)23-9-7-22(8-10-23)14-18(24)15-5-6-19-20(13-15)26-12-11-25-19/h1-6,13,18,24H,7-12,14H2/t18-/m0/s1. The van der Waals surface area contributed by atoms with Crippen LogP contribution in [-0.2, 0) is 0 Å². The van der Waals surface area contributed by atoms with E-state index >= 15 is 0 Å². The molecule has 0 aromatic heterocycles. The number of hydrogen-bond donors (Lipinski definition) is 1. The Balaban J connectivity index is 1.35. The molecule has 2 aromatic rings. The Labute approximate surface area is 152 Å². The Morgan fingerprint density at radius 2 is 1.69 bits per heavy atom. The number of piperazine rings is 1. The predicted octanol–water partition coefficient (Wildman–Crippen LogP) is 2.45. The Morgan fingerprint density at radius 1 is 0.962 bits per heavy atom. The second-order valence-electron chi connectivity index (χ2n) is 6.66. The molecule has 0 bridgehead atoms. The number of aliphatic hydroxyl groups excluding tert-OH is 1. The Bertz CT molecular complexity index is 762. The van der Waals surface area contributed by atoms with Gasteiger partial charge in [-0.1, -0.05) is 18.2 Å². The molecule has 1 fully saturated rings. The van der Waals surface area contributed by atoms with Gasteiger partial charge in [0, 0.05) is 32.7 Å². The van der Waals surface area contributed by atoms with Crippen molar-refractivity contribution in [3.63, 3.8) is 0 Å². The molecule has 0 radical (unpaired) electrons. The number of benzene rings is 2. The minimum absolute atomic E-state index is 0.183. The highest BCUT2D eigenvalue weighted by Gasteiger charge is 2.22. The maximum absolute atomic E-state index is 13.9. The molecule has 2 aliphatic heterocycles. The van der Waals surface area contributed by atoms with Gasteiger partial charge in [-0.25, -0.2) is 4.39 Å². The van der Waals surface area contributed by atoms with Crippen molar-refractivity contribution in [1.29, 1.82) is 0 Å². The van der Waals surface area contributed by atoms with Crippen LogP contribution in [0.4, 0.5) is 10.1 Å². The molecule has 138 valence electrons. The molecule has 0 spiro atoms. The number of nitrogens with zero attached hydrogens (tertiary/aromatic N) is 2. The molecule has 0 unspecified atom stereocenters. The van der Waals surface area contributed by atoms with Gasteiger partial charge in [0.25, 0.3) is 0 Å². The van der Waals surface area contributed by atoms with E-state index in [2.05, 4.69) is 9.80 Å². The number of aliphatic hydroxyl groups is 1. The van der Waals surface area contributed by atoms with Crippen LogP contribution in [0.2, 0.25) is 0 Å². The molecule has 1 atom stereocenters. The molecule has 0 saturated carbocycles. The molecule has 1 N–H and O–H groups in total. The Kier molecular flexibility index (Phi) is 4.95. The maximum Gasteiger partial charge on any atom is 0.161 e. The van der Waals surface area contributed by atoms with Gasteiger partial charge in [0.2, 0.25) is 0 Å². The van der Waals surface area contributed by atoms with E-state index in [0.717, 1.165) is 37.5 Å². The van der Waals surface area contributed by atoms with Crippen LogP contribution >= 0.6 is 0 Å². The topological polar surface area (TPSA) is 45.2 Å². The molecule has 0 amide bonds. The van der Waals surface area contributed by atoms with Crippen molar-refractivity contribution in [2.24, 2.45) is 0 Å². The summed E-state index contributed by atoms with van der Waals surface area (Å²) in [5.74, 6) is 1.24. The number of para-hydroxylation sites is 1. The summed E-state index contributed by atoms with van der Waals surface area (Å²) in [7, 11) is 0. The number of β-amino-alcohol motifs (C(OH)–C–C–N with tert-alkyl or cyclic N) is 1. The molecule has 1 saturated heterocycles. The first-order valence-electron chi connectivity index (χ1n) is 9.00. The molecular formula is C20H23FN2O3. The van der Waals surface area contributed by atoms with E-state index in [4.69, 9.17) is 9.47 Å². The summed E-state index contributed by atoms with van der Waals surface area (Å²) in [5, 5.41) is 10.6. The summed E-state index contributed by atoms with van der Waals surface area (Å²) in [6.07, 6.45) is -0.592. The molecule has 2 heterocycles. The largest absolute Gasteiger partial charge is 0.486 e. The van der Waals surface area contributed by atoms with Crippen LogP contribution in [0.25, 0.3) is 0 Å². The summed E-state index contributed by atoms with van der Waals surface area (Å²) in [4.78, 5) is 4.26. The third-order valence-electron chi connectivity index (χ3n) is 4.95. The molecule has 0 aliphatic carbocycles. The Hall–Kier alpha value is -2.31. The SMILES string of the molecule is O[C@@H](CN1CCN(c2ccccc2F)CC1)c1ccc2c(c1)OCCO2. The lowest BCUT2D eigenvalue weighted by molar-refractivity contribution is 0.108. The fourth-order valence-electron chi connectivity index (χ4n) is 3.50. The van der Waals surface area contributed by atoms with Crippen molar-refractivity contribution in [3.05, 3.63) is 53.8 Å². The van der Waals surface area contributed by atoms with Crippen molar-refractivity contribution < 1.29 is 19.0 Å². The first-order valence-corrected chi connectivity index (χ1v) is 9.00. The van der Waals surface area contributed by atoms with E-state index in [0.29, 0.717) is 31.2 Å². The summed E-state index contributed by atoms with van der Waals surface area (Å²) in [6, 6.07) is 12.5. The third-order valence-corrected chi connectivity index (χ3v) is 4.95. The lowest BCUT2D eigenvalue weighted by Gasteiger charge is -2.37. The minimum Gasteiger partial charge on any atom is -0.486 e. The van der Waals surface area contributed by atoms with E-state index in [-0.39, 0.29) is 5.82 Å². The molecule has 26 heavy (non-hydrogen) atoms. The van der Waals surface area contributed by atoms with Crippen molar-refractivity contribution >= 4 is 5.69 Å². The molecule has 2 aromatic carbocycles. The van der Waals surface area contributed by atoms with Crippen LogP contribution < -0.4 is 14.4 Å². The fourth-order valence-corrected chi connectivity index (χ4v) is 3.50. The van der Waals surface area contributed by atoms with Crippen molar-refractivity contribution in [2.45, 2.75) is 6.10 Å². The highest BCUT2D eigenvalue weighted by atomic mass is 19.1. The average molecular weight is 358 g/mol. The van der Waals surface area contributed by atoms with E-state index in [9.17, 15) is 9.50 Å². The summed E-state index contributed by atoms with van der Waals surface area (Å²) in [6.45, 7) is 4.70. The van der Waals surface area contributed by atoms with Gasteiger partial charge in [-0.05, 0) is 29.8 Å². The second kappa shape index (κ2) is 7.51. The van der Waals surface area contributed by atoms with E-state index in [1.807, 2.05) is 30.3 Å². The smallest absolute Gasteiger partial charge is 0.161 e. The van der Waals surface area contributed by atoms with Crippen molar-refractivity contribution in [1.82, 2.24) is 4.90 Å². The molecule has 4 rings (SSSR count). The number of anilines is 1. The summed E-state index contributed by atoms with van der Waals surface area (Å²) >= 11 is 0. The van der Waals surface area contributed by atoms with Crippen LogP contribution in [0.5, 0.6) is 11.5 Å². The van der Waals surface area contributed by atoms with Gasteiger partial charge in [0.1, 0.15) is 19.0 Å². The van der Waals surface area contributed by atoms with Crippen LogP contribution in [-0.4, -0.2) is 55.9 Å². The van der Waals surface area contributed by atoms with Gasteiger partial charge < -0.3 is 19.5 Å². The lowest BCUT2D eigenvalue weighted by Crippen LogP contribution is -2.47. The second-order valence-corrected chi connectivity index (χ2v) is 6.66. The minimum atomic E-state index is -0.592. The highest BCUT2D eigenvalue weighted by Crippen LogP contribution is 2.33. The first kappa shape index (κ1) is 17.1. The van der Waals surface area contributed by atoms with Gasteiger partial charge in [-0.15, -0.1) is 0 Å². The zero-order chi connectivity index (χ0) is 17.9. The van der Waals surface area contributed by atoms with Crippen molar-refractivity contribution in [3.8, 4) is 11.5 Å². The van der Waals surface area contributed by atoms with Gasteiger partial charge in [-0.3, -0.25) is 4.90 Å². The van der Waals surface area contributed by atoms with Crippen LogP contribution in [0.1, 0.15) is 11.7 Å². The molecule has 5 nitrogen and oxygen atoms in total. The van der Waals surface area contributed by atoms with E-state index < -0.39 is 6.10 Å². The Morgan fingerprint density at radius 3 is 2.46 bits per heavy atom. The lowest BCUT2D eigenvalue weighted by atomic mass is 10.1. The maximum atomic E-state index is 13.9. The highest BCUT2D eigenvalue weighted by molar-refractivity contribution is 5.48. The monoisotopic (exact) mass is 358 g/mol. The van der Waals surface area contributed by atoms with Gasteiger partial charge >= 0.3 is 0 Å².